The average molecular weight is 332 g/mol. The fraction of sp³-hybridized carbons (Fsp3) is 0.188. The third kappa shape index (κ3) is 4.87. The fourth-order valence-electron chi connectivity index (χ4n) is 1.76. The Hall–Kier alpha value is -3.29. The van der Waals surface area contributed by atoms with Gasteiger partial charge < -0.3 is 24.1 Å². The maximum absolute atomic E-state index is 11.6. The molecule has 126 valence electrons. The van der Waals surface area contributed by atoms with Crippen LogP contribution in [0, 0.1) is 0 Å². The van der Waals surface area contributed by atoms with Crippen LogP contribution in [0.5, 0.6) is 11.5 Å². The monoisotopic (exact) mass is 332 g/mol. The fourth-order valence-corrected chi connectivity index (χ4v) is 1.76. The van der Waals surface area contributed by atoms with E-state index in [2.05, 4.69) is 15.0 Å². The second-order valence-corrected chi connectivity index (χ2v) is 4.49. The number of rotatable bonds is 7. The zero-order valence-corrected chi connectivity index (χ0v) is 13.1. The van der Waals surface area contributed by atoms with Crippen LogP contribution in [0.25, 0.3) is 6.08 Å². The van der Waals surface area contributed by atoms with Crippen molar-refractivity contribution >= 4 is 23.8 Å². The highest BCUT2D eigenvalue weighted by Crippen LogP contribution is 2.27. The zero-order valence-electron chi connectivity index (χ0n) is 13.1. The first-order valence-corrected chi connectivity index (χ1v) is 6.89. The van der Waals surface area contributed by atoms with Gasteiger partial charge in [0.15, 0.2) is 23.9 Å². The SMILES string of the molecule is COc1ccc(/C=C/C(=O)OCC(=O)Nc2ccon2)cc1OC. The molecule has 0 spiro atoms. The van der Waals surface area contributed by atoms with Crippen LogP contribution in [0.3, 0.4) is 0 Å². The molecule has 8 heteroatoms. The molecule has 0 atom stereocenters. The van der Waals surface area contributed by atoms with Gasteiger partial charge in [-0.05, 0) is 23.8 Å². The van der Waals surface area contributed by atoms with Crippen molar-refractivity contribution < 1.29 is 28.3 Å². The summed E-state index contributed by atoms with van der Waals surface area (Å²) in [5.41, 5.74) is 0.719. The number of hydrogen-bond acceptors (Lipinski definition) is 7. The van der Waals surface area contributed by atoms with Gasteiger partial charge in [-0.25, -0.2) is 4.79 Å². The predicted octanol–water partition coefficient (Wildman–Crippen LogP) is 1.89. The lowest BCUT2D eigenvalue weighted by atomic mass is 10.2. The Kier molecular flexibility index (Phi) is 5.95. The number of ether oxygens (including phenoxy) is 3. The van der Waals surface area contributed by atoms with E-state index in [0.29, 0.717) is 11.5 Å². The molecule has 0 unspecified atom stereocenters. The zero-order chi connectivity index (χ0) is 17.4. The Morgan fingerprint density at radius 2 is 2.00 bits per heavy atom. The topological polar surface area (TPSA) is 99.9 Å². The predicted molar refractivity (Wildman–Crippen MR) is 84.7 cm³/mol. The minimum Gasteiger partial charge on any atom is -0.493 e. The molecule has 1 aromatic carbocycles. The second kappa shape index (κ2) is 8.37. The van der Waals surface area contributed by atoms with Crippen molar-refractivity contribution in [2.45, 2.75) is 0 Å². The first-order valence-electron chi connectivity index (χ1n) is 6.89. The van der Waals surface area contributed by atoms with Crippen LogP contribution in [0.1, 0.15) is 5.56 Å². The summed E-state index contributed by atoms with van der Waals surface area (Å²) in [5, 5.41) is 5.91. The van der Waals surface area contributed by atoms with Gasteiger partial charge in [0.05, 0.1) is 14.2 Å². The van der Waals surface area contributed by atoms with E-state index in [1.807, 2.05) is 0 Å². The number of amides is 1. The summed E-state index contributed by atoms with van der Waals surface area (Å²) >= 11 is 0. The second-order valence-electron chi connectivity index (χ2n) is 4.49. The molecule has 1 amide bonds. The van der Waals surface area contributed by atoms with Crippen molar-refractivity contribution in [3.8, 4) is 11.5 Å². The number of anilines is 1. The molecule has 2 aromatic rings. The molecule has 24 heavy (non-hydrogen) atoms. The molecule has 0 aliphatic heterocycles. The first kappa shape index (κ1) is 17.1. The minimum absolute atomic E-state index is 0.247. The molecule has 2 rings (SSSR count). The maximum atomic E-state index is 11.6. The number of nitrogens with one attached hydrogen (secondary N) is 1. The van der Waals surface area contributed by atoms with E-state index in [9.17, 15) is 9.59 Å². The van der Waals surface area contributed by atoms with Crippen LogP contribution in [-0.4, -0.2) is 37.9 Å². The standard InChI is InChI=1S/C16H16N2O6/c1-21-12-5-3-11(9-13(12)22-2)4-6-16(20)23-10-15(19)17-14-7-8-24-18-14/h3-9H,10H2,1-2H3,(H,17,18,19)/b6-4+. The van der Waals surface area contributed by atoms with E-state index in [0.717, 1.165) is 5.56 Å². The lowest BCUT2D eigenvalue weighted by Crippen LogP contribution is -2.20. The number of carbonyl (C=O) groups excluding carboxylic acids is 2. The lowest BCUT2D eigenvalue weighted by molar-refractivity contribution is -0.142. The average Bonchev–Trinajstić information content (AvgIpc) is 3.10. The Morgan fingerprint density at radius 3 is 2.67 bits per heavy atom. The van der Waals surface area contributed by atoms with Gasteiger partial charge in [0.2, 0.25) is 0 Å². The summed E-state index contributed by atoms with van der Waals surface area (Å²) in [6, 6.07) is 6.65. The van der Waals surface area contributed by atoms with Crippen LogP contribution in [0.15, 0.2) is 41.1 Å². The van der Waals surface area contributed by atoms with Crippen molar-refractivity contribution in [3.05, 3.63) is 42.2 Å². The molecule has 0 bridgehead atoms. The van der Waals surface area contributed by atoms with Gasteiger partial charge in [0, 0.05) is 12.1 Å². The molecule has 8 nitrogen and oxygen atoms in total. The van der Waals surface area contributed by atoms with Crippen molar-refractivity contribution in [2.75, 3.05) is 26.1 Å². The van der Waals surface area contributed by atoms with Crippen LogP contribution < -0.4 is 14.8 Å². The summed E-state index contributed by atoms with van der Waals surface area (Å²) in [7, 11) is 3.06. The summed E-state index contributed by atoms with van der Waals surface area (Å²) < 4.78 is 19.7. The highest BCUT2D eigenvalue weighted by Gasteiger charge is 2.07. The smallest absolute Gasteiger partial charge is 0.331 e. The summed E-state index contributed by atoms with van der Waals surface area (Å²) in [4.78, 5) is 23.1. The maximum Gasteiger partial charge on any atom is 0.331 e. The molecular formula is C16H16N2O6. The van der Waals surface area contributed by atoms with Gasteiger partial charge in [-0.15, -0.1) is 0 Å². The Labute approximate surface area is 138 Å². The van der Waals surface area contributed by atoms with Crippen LogP contribution in [-0.2, 0) is 14.3 Å². The quantitative estimate of drug-likeness (QED) is 0.610. The third-order valence-corrected chi connectivity index (χ3v) is 2.87. The van der Waals surface area contributed by atoms with Gasteiger partial charge in [-0.2, -0.15) is 0 Å². The number of methoxy groups -OCH3 is 2. The van der Waals surface area contributed by atoms with Gasteiger partial charge in [0.1, 0.15) is 6.26 Å². The van der Waals surface area contributed by atoms with E-state index in [1.54, 1.807) is 24.3 Å². The Bertz CT molecular complexity index is 724. The van der Waals surface area contributed by atoms with Crippen LogP contribution in [0.2, 0.25) is 0 Å². The molecule has 0 fully saturated rings. The summed E-state index contributed by atoms with van der Waals surface area (Å²) in [6.07, 6.45) is 4.07. The van der Waals surface area contributed by atoms with Gasteiger partial charge in [0.25, 0.3) is 5.91 Å². The molecule has 0 radical (unpaired) electrons. The third-order valence-electron chi connectivity index (χ3n) is 2.87. The molecule has 0 aliphatic rings. The number of carbonyl (C=O) groups is 2. The minimum atomic E-state index is -0.653. The van der Waals surface area contributed by atoms with Crippen LogP contribution >= 0.6 is 0 Å². The van der Waals surface area contributed by atoms with Gasteiger partial charge >= 0.3 is 5.97 Å². The molecule has 1 N–H and O–H groups in total. The van der Waals surface area contributed by atoms with Crippen molar-refractivity contribution in [1.82, 2.24) is 5.16 Å². The van der Waals surface area contributed by atoms with E-state index < -0.39 is 18.5 Å². The lowest BCUT2D eigenvalue weighted by Gasteiger charge is -2.07. The number of aromatic nitrogens is 1. The van der Waals surface area contributed by atoms with Crippen molar-refractivity contribution in [3.63, 3.8) is 0 Å². The van der Waals surface area contributed by atoms with Gasteiger partial charge in [-0.1, -0.05) is 11.2 Å². The number of esters is 1. The Morgan fingerprint density at radius 1 is 1.21 bits per heavy atom. The molecule has 1 aromatic heterocycles. The molecule has 1 heterocycles. The van der Waals surface area contributed by atoms with Crippen molar-refractivity contribution in [1.29, 1.82) is 0 Å². The first-order chi connectivity index (χ1) is 11.6. The number of nitrogens with zero attached hydrogens (tertiary/aromatic N) is 1. The highest BCUT2D eigenvalue weighted by molar-refractivity contribution is 5.94. The van der Waals surface area contributed by atoms with Gasteiger partial charge in [-0.3, -0.25) is 4.79 Å². The van der Waals surface area contributed by atoms with E-state index in [1.165, 1.54) is 32.6 Å². The summed E-state index contributed by atoms with van der Waals surface area (Å²) in [5.74, 6) is 0.204. The van der Waals surface area contributed by atoms with Crippen LogP contribution in [0.4, 0.5) is 5.82 Å². The molecule has 0 saturated carbocycles. The Balaban J connectivity index is 1.85. The van der Waals surface area contributed by atoms with Crippen molar-refractivity contribution in [2.24, 2.45) is 0 Å². The van der Waals surface area contributed by atoms with E-state index in [4.69, 9.17) is 14.2 Å². The highest BCUT2D eigenvalue weighted by atomic mass is 16.5. The largest absolute Gasteiger partial charge is 0.493 e. The van der Waals surface area contributed by atoms with E-state index >= 15 is 0 Å². The molecule has 0 saturated heterocycles. The number of benzene rings is 1. The summed E-state index contributed by atoms with van der Waals surface area (Å²) in [6.45, 7) is -0.429. The van der Waals surface area contributed by atoms with E-state index in [-0.39, 0.29) is 5.82 Å². The normalized spacial score (nSPS) is 10.4. The number of hydrogen-bond donors (Lipinski definition) is 1. The molecule has 0 aliphatic carbocycles. The molecular weight excluding hydrogens is 316 g/mol.